The predicted octanol–water partition coefficient (Wildman–Crippen LogP) is 2.29. The van der Waals surface area contributed by atoms with Gasteiger partial charge in [0.25, 0.3) is 0 Å². The van der Waals surface area contributed by atoms with Gasteiger partial charge in [-0.1, -0.05) is 26.7 Å². The Morgan fingerprint density at radius 3 is 2.05 bits per heavy atom. The van der Waals surface area contributed by atoms with Crippen LogP contribution in [-0.2, 0) is 14.3 Å². The van der Waals surface area contributed by atoms with Crippen molar-refractivity contribution in [1.29, 1.82) is 0 Å². The molecule has 0 aromatic heterocycles. The Morgan fingerprint density at radius 2 is 1.57 bits per heavy atom. The molecule has 2 heterocycles. The van der Waals surface area contributed by atoms with E-state index in [2.05, 4.69) is 13.8 Å². The third kappa shape index (κ3) is 3.39. The largest absolute Gasteiger partial charge is 0.481 e. The van der Waals surface area contributed by atoms with Gasteiger partial charge in [0.1, 0.15) is 0 Å². The molecule has 2 aliphatic rings. The molecule has 5 heteroatoms. The van der Waals surface area contributed by atoms with Crippen LogP contribution < -0.4 is 0 Å². The van der Waals surface area contributed by atoms with Crippen LogP contribution in [0.25, 0.3) is 0 Å². The standard InChI is InChI=1S/C16H27NO4/c1-3-5-9-17(10-6-4-2)15(18)13-11-7-8-12(21-11)14(13)16(19)20/h11-14H,3-10H2,1-2H3,(H,19,20). The van der Waals surface area contributed by atoms with Crippen LogP contribution in [0.5, 0.6) is 0 Å². The Balaban J connectivity index is 2.08. The molecule has 4 unspecified atom stereocenters. The molecule has 2 aliphatic heterocycles. The van der Waals surface area contributed by atoms with E-state index in [0.29, 0.717) is 0 Å². The maximum Gasteiger partial charge on any atom is 0.310 e. The Kier molecular flexibility index (Phi) is 5.62. The number of hydrogen-bond acceptors (Lipinski definition) is 3. The predicted molar refractivity (Wildman–Crippen MR) is 78.9 cm³/mol. The second kappa shape index (κ2) is 7.25. The lowest BCUT2D eigenvalue weighted by Crippen LogP contribution is -2.46. The second-order valence-corrected chi connectivity index (χ2v) is 6.21. The Hall–Kier alpha value is -1.10. The second-order valence-electron chi connectivity index (χ2n) is 6.21. The minimum absolute atomic E-state index is 0.00324. The van der Waals surface area contributed by atoms with E-state index in [0.717, 1.165) is 51.6 Å². The summed E-state index contributed by atoms with van der Waals surface area (Å²) >= 11 is 0. The Labute approximate surface area is 126 Å². The average Bonchev–Trinajstić information content (AvgIpc) is 3.07. The first-order valence-electron chi connectivity index (χ1n) is 8.27. The summed E-state index contributed by atoms with van der Waals surface area (Å²) in [5.41, 5.74) is 0. The van der Waals surface area contributed by atoms with E-state index in [-0.39, 0.29) is 18.1 Å². The average molecular weight is 297 g/mol. The van der Waals surface area contributed by atoms with E-state index in [1.54, 1.807) is 0 Å². The molecule has 2 saturated heterocycles. The molecule has 0 aromatic carbocycles. The van der Waals surface area contributed by atoms with Gasteiger partial charge in [0, 0.05) is 13.1 Å². The zero-order valence-electron chi connectivity index (χ0n) is 13.1. The molecule has 0 spiro atoms. The number of rotatable bonds is 8. The summed E-state index contributed by atoms with van der Waals surface area (Å²) in [6.45, 7) is 5.66. The summed E-state index contributed by atoms with van der Waals surface area (Å²) in [6, 6.07) is 0. The minimum Gasteiger partial charge on any atom is -0.481 e. The van der Waals surface area contributed by atoms with Crippen molar-refractivity contribution in [3.63, 3.8) is 0 Å². The summed E-state index contributed by atoms with van der Waals surface area (Å²) in [5, 5.41) is 9.44. The van der Waals surface area contributed by atoms with Crippen LogP contribution in [0.15, 0.2) is 0 Å². The Bertz CT molecular complexity index is 376. The number of carboxylic acids is 1. The Morgan fingerprint density at radius 1 is 1.05 bits per heavy atom. The fourth-order valence-electron chi connectivity index (χ4n) is 3.55. The summed E-state index contributed by atoms with van der Waals surface area (Å²) in [5.74, 6) is -2.01. The summed E-state index contributed by atoms with van der Waals surface area (Å²) < 4.78 is 5.71. The van der Waals surface area contributed by atoms with Crippen molar-refractivity contribution in [3.05, 3.63) is 0 Å². The van der Waals surface area contributed by atoms with Crippen LogP contribution in [0.1, 0.15) is 52.4 Å². The molecule has 1 amide bonds. The van der Waals surface area contributed by atoms with E-state index < -0.39 is 17.8 Å². The number of aliphatic carboxylic acids is 1. The highest BCUT2D eigenvalue weighted by atomic mass is 16.5. The van der Waals surface area contributed by atoms with Gasteiger partial charge in [0.15, 0.2) is 0 Å². The lowest BCUT2D eigenvalue weighted by Gasteiger charge is -2.30. The molecule has 2 fully saturated rings. The van der Waals surface area contributed by atoms with Crippen molar-refractivity contribution in [2.45, 2.75) is 64.6 Å². The van der Waals surface area contributed by atoms with Crippen molar-refractivity contribution in [2.75, 3.05) is 13.1 Å². The van der Waals surface area contributed by atoms with Gasteiger partial charge in [-0.25, -0.2) is 0 Å². The zero-order chi connectivity index (χ0) is 15.4. The van der Waals surface area contributed by atoms with Gasteiger partial charge in [-0.05, 0) is 25.7 Å². The van der Waals surface area contributed by atoms with E-state index >= 15 is 0 Å². The fourth-order valence-corrected chi connectivity index (χ4v) is 3.55. The number of unbranched alkanes of at least 4 members (excludes halogenated alkanes) is 2. The van der Waals surface area contributed by atoms with Gasteiger partial charge in [0.2, 0.25) is 5.91 Å². The number of nitrogens with zero attached hydrogens (tertiary/aromatic N) is 1. The maximum atomic E-state index is 12.8. The number of fused-ring (bicyclic) bond motifs is 2. The molecule has 0 aliphatic carbocycles. The molecule has 21 heavy (non-hydrogen) atoms. The first-order valence-corrected chi connectivity index (χ1v) is 8.27. The molecular formula is C16H27NO4. The zero-order valence-corrected chi connectivity index (χ0v) is 13.1. The summed E-state index contributed by atoms with van der Waals surface area (Å²) in [7, 11) is 0. The van der Waals surface area contributed by atoms with Gasteiger partial charge >= 0.3 is 5.97 Å². The topological polar surface area (TPSA) is 66.8 Å². The molecule has 1 N–H and O–H groups in total. The van der Waals surface area contributed by atoms with Gasteiger partial charge < -0.3 is 14.7 Å². The monoisotopic (exact) mass is 297 g/mol. The van der Waals surface area contributed by atoms with Crippen LogP contribution in [0.4, 0.5) is 0 Å². The van der Waals surface area contributed by atoms with E-state index in [4.69, 9.17) is 4.74 Å². The fraction of sp³-hybridized carbons (Fsp3) is 0.875. The number of carbonyl (C=O) groups excluding carboxylic acids is 1. The number of amides is 1. The molecule has 0 radical (unpaired) electrons. The third-order valence-electron chi connectivity index (χ3n) is 4.72. The van der Waals surface area contributed by atoms with Crippen molar-refractivity contribution < 1.29 is 19.4 Å². The van der Waals surface area contributed by atoms with Crippen LogP contribution in [0.3, 0.4) is 0 Å². The third-order valence-corrected chi connectivity index (χ3v) is 4.72. The normalized spacial score (nSPS) is 30.6. The van der Waals surface area contributed by atoms with Crippen LogP contribution in [-0.4, -0.2) is 47.2 Å². The highest BCUT2D eigenvalue weighted by Crippen LogP contribution is 2.44. The summed E-state index contributed by atoms with van der Waals surface area (Å²) in [4.78, 5) is 26.2. The molecular weight excluding hydrogens is 270 g/mol. The quantitative estimate of drug-likeness (QED) is 0.746. The summed E-state index contributed by atoms with van der Waals surface area (Å²) in [6.07, 6.45) is 5.14. The van der Waals surface area contributed by atoms with Crippen LogP contribution in [0, 0.1) is 11.8 Å². The molecule has 5 nitrogen and oxygen atoms in total. The number of ether oxygens (including phenoxy) is 1. The maximum absolute atomic E-state index is 12.8. The van der Waals surface area contributed by atoms with Gasteiger partial charge in [-0.2, -0.15) is 0 Å². The number of carboxylic acid groups (broad SMARTS) is 1. The van der Waals surface area contributed by atoms with Crippen LogP contribution >= 0.6 is 0 Å². The molecule has 2 bridgehead atoms. The SMILES string of the molecule is CCCCN(CCCC)C(=O)C1C2CCC(O2)C1C(=O)O. The van der Waals surface area contributed by atoms with Crippen molar-refractivity contribution >= 4 is 11.9 Å². The van der Waals surface area contributed by atoms with Gasteiger partial charge in [-0.3, -0.25) is 9.59 Å². The van der Waals surface area contributed by atoms with Gasteiger partial charge in [-0.15, -0.1) is 0 Å². The molecule has 120 valence electrons. The van der Waals surface area contributed by atoms with E-state index in [1.807, 2.05) is 4.90 Å². The number of carbonyl (C=O) groups is 2. The molecule has 0 aromatic rings. The van der Waals surface area contributed by atoms with E-state index in [1.165, 1.54) is 0 Å². The number of hydrogen-bond donors (Lipinski definition) is 1. The highest BCUT2D eigenvalue weighted by Gasteiger charge is 2.56. The smallest absolute Gasteiger partial charge is 0.310 e. The lowest BCUT2D eigenvalue weighted by molar-refractivity contribution is -0.151. The lowest BCUT2D eigenvalue weighted by atomic mass is 9.78. The van der Waals surface area contributed by atoms with Crippen molar-refractivity contribution in [3.8, 4) is 0 Å². The van der Waals surface area contributed by atoms with Crippen LogP contribution in [0.2, 0.25) is 0 Å². The first-order chi connectivity index (χ1) is 10.1. The van der Waals surface area contributed by atoms with Crippen molar-refractivity contribution in [1.82, 2.24) is 4.90 Å². The minimum atomic E-state index is -0.883. The molecule has 2 rings (SSSR count). The van der Waals surface area contributed by atoms with Gasteiger partial charge in [0.05, 0.1) is 24.0 Å². The first kappa shape index (κ1) is 16.3. The molecule has 0 saturated carbocycles. The van der Waals surface area contributed by atoms with E-state index in [9.17, 15) is 14.7 Å². The molecule has 4 atom stereocenters. The van der Waals surface area contributed by atoms with Crippen molar-refractivity contribution in [2.24, 2.45) is 11.8 Å². The highest BCUT2D eigenvalue weighted by molar-refractivity contribution is 5.86.